The molecule has 0 aliphatic carbocycles. The summed E-state index contributed by atoms with van der Waals surface area (Å²) in [7, 11) is 0. The van der Waals surface area contributed by atoms with Crippen molar-refractivity contribution in [2.24, 2.45) is 0 Å². The highest BCUT2D eigenvalue weighted by Crippen LogP contribution is 2.50. The maximum absolute atomic E-state index is 6.65. The monoisotopic (exact) mass is 1880 g/mol. The average Bonchev–Trinajstić information content (AvgIpc) is 1.66. The van der Waals surface area contributed by atoms with E-state index in [1.54, 1.807) is 0 Å². The first-order valence-corrected chi connectivity index (χ1v) is 50.0. The molecule has 0 saturated heterocycles. The molecule has 29 aromatic rings. The molecule has 688 valence electrons. The zero-order valence-electron chi connectivity index (χ0n) is 79.6. The topological polar surface area (TPSA) is 72.1 Å². The highest BCUT2D eigenvalue weighted by molar-refractivity contribution is 6.16. The highest BCUT2D eigenvalue weighted by atomic mass is 16.3. The van der Waals surface area contributed by atoms with E-state index < -0.39 is 0 Å². The van der Waals surface area contributed by atoms with Crippen molar-refractivity contribution in [3.8, 4) is 100 Å². The molecular formula is C138H87N5O4. The van der Waals surface area contributed by atoms with Gasteiger partial charge in [0.25, 0.3) is 0 Å². The fraction of sp³-hybridized carbons (Fsp3) is 0. The van der Waals surface area contributed by atoms with Crippen LogP contribution in [0.25, 0.3) is 232 Å². The molecule has 23 aromatic carbocycles. The SMILES string of the molecule is c1ccc2c(c1)oc1c(-c3ccc(N(c4ccc(-c5ccc(-n6c7ccccc7c7ccccc76)cc5)cc4)c4ccc(-c5cc(-c6ccc(N(c7ccc(-c8cccc9c8oc8ccccc89)cc7)c7ccc(-c8cccc9c8oc8ccccc89)cc7)cc6)cc(-c6ccc(N(c7ccc(-c8cccc9c8oc8ccccc89)cc7)c7ccc(-n8c9ccccc9c9ccccc98)cc7)cc6)c5)cc4)cc3)cccc12. The van der Waals surface area contributed by atoms with Crippen LogP contribution in [0.2, 0.25) is 0 Å². The molecule has 0 spiro atoms. The largest absolute Gasteiger partial charge is 0.455 e. The lowest BCUT2D eigenvalue weighted by Gasteiger charge is -2.26. The minimum Gasteiger partial charge on any atom is -0.455 e. The van der Waals surface area contributed by atoms with Gasteiger partial charge in [-0.25, -0.2) is 0 Å². The van der Waals surface area contributed by atoms with Crippen LogP contribution in [-0.2, 0) is 0 Å². The maximum atomic E-state index is 6.65. The van der Waals surface area contributed by atoms with Crippen molar-refractivity contribution < 1.29 is 17.7 Å². The maximum Gasteiger partial charge on any atom is 0.143 e. The molecule has 6 heterocycles. The lowest BCUT2D eigenvalue weighted by atomic mass is 9.93. The highest BCUT2D eigenvalue weighted by Gasteiger charge is 2.26. The summed E-state index contributed by atoms with van der Waals surface area (Å²) in [5, 5.41) is 13.7. The Kier molecular flexibility index (Phi) is 19.8. The molecule has 0 radical (unpaired) electrons. The van der Waals surface area contributed by atoms with Gasteiger partial charge in [-0.1, -0.05) is 328 Å². The molecular weight excluding hydrogens is 1790 g/mol. The summed E-state index contributed by atoms with van der Waals surface area (Å²) < 4.78 is 31.3. The van der Waals surface area contributed by atoms with Crippen molar-refractivity contribution in [3.63, 3.8) is 0 Å². The van der Waals surface area contributed by atoms with Gasteiger partial charge in [0.1, 0.15) is 44.7 Å². The van der Waals surface area contributed by atoms with E-state index in [0.29, 0.717) is 0 Å². The second-order valence-electron chi connectivity index (χ2n) is 38.1. The molecule has 0 atom stereocenters. The van der Waals surface area contributed by atoms with Gasteiger partial charge in [0.05, 0.1) is 22.1 Å². The third-order valence-corrected chi connectivity index (χ3v) is 29.8. The van der Waals surface area contributed by atoms with Gasteiger partial charge < -0.3 is 41.5 Å². The molecule has 0 aliphatic rings. The second kappa shape index (κ2) is 34.6. The van der Waals surface area contributed by atoms with E-state index in [9.17, 15) is 0 Å². The van der Waals surface area contributed by atoms with Crippen molar-refractivity contribution in [1.82, 2.24) is 9.13 Å². The Morgan fingerprint density at radius 3 is 0.531 bits per heavy atom. The summed E-state index contributed by atoms with van der Waals surface area (Å²) in [5.74, 6) is 0. The van der Waals surface area contributed by atoms with Gasteiger partial charge in [-0.05, 0) is 267 Å². The molecule has 9 nitrogen and oxygen atoms in total. The molecule has 0 fully saturated rings. The number of rotatable bonds is 19. The number of hydrogen-bond donors (Lipinski definition) is 0. The van der Waals surface area contributed by atoms with E-state index in [-0.39, 0.29) is 0 Å². The summed E-state index contributed by atoms with van der Waals surface area (Å²) in [4.78, 5) is 7.09. The van der Waals surface area contributed by atoms with Crippen molar-refractivity contribution in [3.05, 3.63) is 528 Å². The number of hydrogen-bond acceptors (Lipinski definition) is 7. The standard InChI is InChI=1S/C138H87N5O4/c1-9-37-127-115(21-1)116-22-2-10-38-128(116)142(127)109-71-47-89(48-72-109)88-45-63-100(64-46-88)139(104-73-55-93(56-74-104)111-29-17-33-123-119-25-5-13-41-131(119)144-135(111)123)101-65-49-90(50-66-101)97-85-98(91-51-67-102(68-52-91)140(105-75-57-94(58-76-105)112-30-18-34-124-120-26-6-14-42-132(120)145-136(112)124)106-77-59-95(60-78-106)113-31-19-35-125-121-27-7-15-43-133(121)146-137(113)125)87-99(86-97)92-53-69-103(70-54-92)141(107-79-61-96(62-80-107)114-32-20-36-126-122-28-8-16-44-134(122)147-138(114)126)108-81-83-110(84-82-108)143-129-39-11-3-23-117(129)118-24-4-12-40-130(118)143/h1-87H. The van der Waals surface area contributed by atoms with Gasteiger partial charge in [0, 0.05) is 149 Å². The van der Waals surface area contributed by atoms with Crippen LogP contribution in [0.1, 0.15) is 0 Å². The first-order chi connectivity index (χ1) is 72.8. The minimum atomic E-state index is 0.870. The van der Waals surface area contributed by atoms with Crippen molar-refractivity contribution in [2.45, 2.75) is 0 Å². The van der Waals surface area contributed by atoms with Gasteiger partial charge in [0.2, 0.25) is 0 Å². The van der Waals surface area contributed by atoms with Gasteiger partial charge in [-0.15, -0.1) is 0 Å². The Balaban J connectivity index is 0.555. The Morgan fingerprint density at radius 1 is 0.129 bits per heavy atom. The predicted octanol–water partition coefficient (Wildman–Crippen LogP) is 39.2. The molecule has 9 heteroatoms. The Hall–Kier alpha value is -19.7. The minimum absolute atomic E-state index is 0.870. The molecule has 0 aliphatic heterocycles. The summed E-state index contributed by atoms with van der Waals surface area (Å²) in [5.41, 5.74) is 39.9. The van der Waals surface area contributed by atoms with Gasteiger partial charge >= 0.3 is 0 Å². The van der Waals surface area contributed by atoms with Crippen LogP contribution < -0.4 is 14.7 Å². The van der Waals surface area contributed by atoms with E-state index in [1.807, 2.05) is 36.4 Å². The predicted molar refractivity (Wildman–Crippen MR) is 612 cm³/mol. The van der Waals surface area contributed by atoms with Crippen molar-refractivity contribution >= 4 is 183 Å². The molecule has 0 bridgehead atoms. The number of anilines is 9. The van der Waals surface area contributed by atoms with Crippen LogP contribution in [0.15, 0.2) is 545 Å². The van der Waals surface area contributed by atoms with E-state index >= 15 is 0 Å². The summed E-state index contributed by atoms with van der Waals surface area (Å²) in [6.45, 7) is 0. The number of furan rings is 4. The van der Waals surface area contributed by atoms with Gasteiger partial charge in [-0.2, -0.15) is 0 Å². The number of fused-ring (bicyclic) bond motifs is 18. The van der Waals surface area contributed by atoms with Crippen LogP contribution in [0.3, 0.4) is 0 Å². The smallest absolute Gasteiger partial charge is 0.143 e. The molecule has 0 unspecified atom stereocenters. The number of aromatic nitrogens is 2. The lowest BCUT2D eigenvalue weighted by molar-refractivity contribution is 0.669. The second-order valence-corrected chi connectivity index (χ2v) is 38.1. The fourth-order valence-electron chi connectivity index (χ4n) is 22.7. The van der Waals surface area contributed by atoms with E-state index in [1.165, 1.54) is 32.6 Å². The van der Waals surface area contributed by atoms with Crippen LogP contribution in [0.4, 0.5) is 51.2 Å². The lowest BCUT2D eigenvalue weighted by Crippen LogP contribution is -2.10. The number of nitrogens with zero attached hydrogens (tertiary/aromatic N) is 5. The molecule has 0 amide bonds. The van der Waals surface area contributed by atoms with E-state index in [2.05, 4.69) is 515 Å². The first kappa shape index (κ1) is 84.2. The third-order valence-electron chi connectivity index (χ3n) is 29.8. The molecule has 29 rings (SSSR count). The number of benzene rings is 23. The average molecular weight is 1880 g/mol. The molecule has 6 aromatic heterocycles. The van der Waals surface area contributed by atoms with Crippen LogP contribution in [-0.4, -0.2) is 9.13 Å². The van der Waals surface area contributed by atoms with Crippen LogP contribution >= 0.6 is 0 Å². The Bertz CT molecular complexity index is 9920. The third kappa shape index (κ3) is 14.4. The molecule has 0 N–H and O–H groups in total. The van der Waals surface area contributed by atoms with Crippen molar-refractivity contribution in [1.29, 1.82) is 0 Å². The fourth-order valence-corrected chi connectivity index (χ4v) is 22.7. The zero-order chi connectivity index (χ0) is 96.7. The normalized spacial score (nSPS) is 11.8. The first-order valence-electron chi connectivity index (χ1n) is 50.0. The zero-order valence-corrected chi connectivity index (χ0v) is 79.6. The summed E-state index contributed by atoms with van der Waals surface area (Å²) in [6.07, 6.45) is 0. The molecule has 0 saturated carbocycles. The quantitative estimate of drug-likeness (QED) is 0.0799. The Morgan fingerprint density at radius 2 is 0.299 bits per heavy atom. The van der Waals surface area contributed by atoms with Crippen molar-refractivity contribution in [2.75, 3.05) is 14.7 Å². The Labute approximate surface area is 846 Å². The number of para-hydroxylation sites is 12. The summed E-state index contributed by atoms with van der Waals surface area (Å²) in [6, 6.07) is 191. The van der Waals surface area contributed by atoms with E-state index in [4.69, 9.17) is 17.7 Å². The molecule has 147 heavy (non-hydrogen) atoms. The summed E-state index contributed by atoms with van der Waals surface area (Å²) >= 11 is 0. The van der Waals surface area contributed by atoms with E-state index in [0.717, 1.165) is 250 Å². The van der Waals surface area contributed by atoms with Gasteiger partial charge in [0.15, 0.2) is 0 Å². The van der Waals surface area contributed by atoms with Crippen LogP contribution in [0, 0.1) is 0 Å². The van der Waals surface area contributed by atoms with Gasteiger partial charge in [-0.3, -0.25) is 0 Å². The van der Waals surface area contributed by atoms with Crippen LogP contribution in [0.5, 0.6) is 0 Å².